The molecule has 0 bridgehead atoms. The lowest BCUT2D eigenvalue weighted by Gasteiger charge is -2.30. The molecule has 16 heavy (non-hydrogen) atoms. The number of thioether (sulfide) groups is 1. The van der Waals surface area contributed by atoms with Gasteiger partial charge in [0.15, 0.2) is 0 Å². The normalized spacial score (nSPS) is 26.6. The van der Waals surface area contributed by atoms with E-state index in [-0.39, 0.29) is 22.9 Å². The maximum Gasteiger partial charge on any atom is 0.241 e. The lowest BCUT2D eigenvalue weighted by molar-refractivity contribution is -0.130. The zero-order valence-corrected chi connectivity index (χ0v) is 11.9. The second-order valence-corrected chi connectivity index (χ2v) is 6.63. The third-order valence-corrected chi connectivity index (χ3v) is 4.41. The van der Waals surface area contributed by atoms with Crippen LogP contribution in [0.5, 0.6) is 0 Å². The largest absolute Gasteiger partial charge is 0.325 e. The first-order valence-corrected chi connectivity index (χ1v) is 7.25. The van der Waals surface area contributed by atoms with Crippen molar-refractivity contribution in [2.75, 3.05) is 12.8 Å². The molecule has 1 aliphatic heterocycles. The van der Waals surface area contributed by atoms with Crippen molar-refractivity contribution in [2.24, 2.45) is 0 Å². The molecule has 1 heterocycles. The minimum atomic E-state index is 0.0395. The van der Waals surface area contributed by atoms with Crippen LogP contribution in [0.25, 0.3) is 0 Å². The van der Waals surface area contributed by atoms with E-state index >= 15 is 0 Å². The molecule has 0 aliphatic carbocycles. The average molecular weight is 244 g/mol. The van der Waals surface area contributed by atoms with Crippen molar-refractivity contribution in [1.29, 1.82) is 0 Å². The van der Waals surface area contributed by atoms with E-state index in [1.54, 1.807) is 0 Å². The summed E-state index contributed by atoms with van der Waals surface area (Å²) in [6, 6.07) is 0.0395. The predicted molar refractivity (Wildman–Crippen MR) is 70.6 cm³/mol. The number of amides is 1. The number of carbonyl (C=O) groups excluding carboxylic acids is 1. The Hall–Kier alpha value is -0.220. The van der Waals surface area contributed by atoms with Crippen molar-refractivity contribution in [2.45, 2.75) is 57.5 Å². The molecule has 2 atom stereocenters. The third kappa shape index (κ3) is 3.14. The van der Waals surface area contributed by atoms with Crippen molar-refractivity contribution >= 4 is 17.7 Å². The van der Waals surface area contributed by atoms with Gasteiger partial charge in [-0.15, -0.1) is 0 Å². The maximum atomic E-state index is 12.2. The molecule has 2 unspecified atom stereocenters. The minimum absolute atomic E-state index is 0.0395. The molecule has 1 N–H and O–H groups in total. The van der Waals surface area contributed by atoms with Crippen LogP contribution < -0.4 is 5.32 Å². The first-order chi connectivity index (χ1) is 7.41. The van der Waals surface area contributed by atoms with Crippen LogP contribution in [-0.4, -0.2) is 40.6 Å². The monoisotopic (exact) mass is 244 g/mol. The number of carbonyl (C=O) groups is 1. The van der Waals surface area contributed by atoms with Gasteiger partial charge in [0.2, 0.25) is 5.91 Å². The van der Waals surface area contributed by atoms with E-state index in [9.17, 15) is 4.79 Å². The van der Waals surface area contributed by atoms with Gasteiger partial charge < -0.3 is 4.90 Å². The second-order valence-electron chi connectivity index (χ2n) is 5.11. The highest BCUT2D eigenvalue weighted by atomic mass is 32.2. The van der Waals surface area contributed by atoms with Gasteiger partial charge in [-0.25, -0.2) is 0 Å². The first-order valence-electron chi connectivity index (χ1n) is 6.03. The van der Waals surface area contributed by atoms with Crippen LogP contribution in [-0.2, 0) is 4.79 Å². The summed E-state index contributed by atoms with van der Waals surface area (Å²) >= 11 is 1.81. The molecule has 1 aliphatic rings. The molecule has 0 aromatic carbocycles. The molecule has 3 nitrogen and oxygen atoms in total. The van der Waals surface area contributed by atoms with Crippen molar-refractivity contribution in [1.82, 2.24) is 10.2 Å². The number of hydrogen-bond donors (Lipinski definition) is 1. The average Bonchev–Trinajstić information content (AvgIpc) is 2.47. The molecule has 94 valence electrons. The number of hydrogen-bond acceptors (Lipinski definition) is 3. The van der Waals surface area contributed by atoms with Gasteiger partial charge >= 0.3 is 0 Å². The highest BCUT2D eigenvalue weighted by molar-refractivity contribution is 7.99. The fourth-order valence-electron chi connectivity index (χ4n) is 2.03. The van der Waals surface area contributed by atoms with Gasteiger partial charge in [-0.2, -0.15) is 11.8 Å². The molecule has 0 aromatic rings. The van der Waals surface area contributed by atoms with Crippen molar-refractivity contribution in [3.63, 3.8) is 0 Å². The maximum absolute atomic E-state index is 12.2. The Labute approximate surface area is 103 Å². The Morgan fingerprint density at radius 2 is 2.12 bits per heavy atom. The number of nitrogens with zero attached hydrogens (tertiary/aromatic N) is 1. The summed E-state index contributed by atoms with van der Waals surface area (Å²) in [5.74, 6) is 0.275. The molecule has 1 rings (SSSR count). The molecule has 1 saturated heterocycles. The van der Waals surface area contributed by atoms with Crippen molar-refractivity contribution in [3.8, 4) is 0 Å². The molecular weight excluding hydrogens is 220 g/mol. The van der Waals surface area contributed by atoms with E-state index in [1.165, 1.54) is 0 Å². The summed E-state index contributed by atoms with van der Waals surface area (Å²) in [4.78, 5) is 14.1. The zero-order chi connectivity index (χ0) is 12.3. The van der Waals surface area contributed by atoms with Gasteiger partial charge in [0.25, 0.3) is 0 Å². The van der Waals surface area contributed by atoms with Crippen LogP contribution in [0.3, 0.4) is 0 Å². The quantitative estimate of drug-likeness (QED) is 0.803. The lowest BCUT2D eigenvalue weighted by Crippen LogP contribution is -2.42. The van der Waals surface area contributed by atoms with Crippen LogP contribution in [0.2, 0.25) is 0 Å². The van der Waals surface area contributed by atoms with E-state index in [0.29, 0.717) is 0 Å². The van der Waals surface area contributed by atoms with Crippen molar-refractivity contribution in [3.05, 3.63) is 0 Å². The summed E-state index contributed by atoms with van der Waals surface area (Å²) in [5, 5.41) is 3.37. The van der Waals surface area contributed by atoms with E-state index in [0.717, 1.165) is 19.4 Å². The van der Waals surface area contributed by atoms with Crippen LogP contribution in [0, 0.1) is 0 Å². The molecule has 0 saturated carbocycles. The molecule has 1 fully saturated rings. The van der Waals surface area contributed by atoms with E-state index in [2.05, 4.69) is 39.3 Å². The van der Waals surface area contributed by atoms with Gasteiger partial charge in [0, 0.05) is 11.3 Å². The van der Waals surface area contributed by atoms with Gasteiger partial charge in [0.1, 0.15) is 0 Å². The number of rotatable bonds is 5. The Bertz CT molecular complexity index is 255. The fraction of sp³-hybridized carbons (Fsp3) is 0.917. The fourth-order valence-corrected chi connectivity index (χ4v) is 2.30. The van der Waals surface area contributed by atoms with Crippen LogP contribution >= 0.6 is 11.8 Å². The van der Waals surface area contributed by atoms with Gasteiger partial charge in [-0.1, -0.05) is 13.3 Å². The summed E-state index contributed by atoms with van der Waals surface area (Å²) in [5.41, 5.74) is 0. The minimum Gasteiger partial charge on any atom is -0.325 e. The van der Waals surface area contributed by atoms with Gasteiger partial charge in [-0.05, 0) is 33.4 Å². The van der Waals surface area contributed by atoms with E-state index in [1.807, 2.05) is 16.7 Å². The Kier molecular flexibility index (Phi) is 4.68. The predicted octanol–water partition coefficient (Wildman–Crippen LogP) is 2.07. The van der Waals surface area contributed by atoms with E-state index in [4.69, 9.17) is 0 Å². The Morgan fingerprint density at radius 3 is 2.62 bits per heavy atom. The molecule has 0 aromatic heterocycles. The smallest absolute Gasteiger partial charge is 0.241 e. The second kappa shape index (κ2) is 5.41. The Balaban J connectivity index is 2.64. The Morgan fingerprint density at radius 1 is 1.50 bits per heavy atom. The number of nitrogens with one attached hydrogen (secondary N) is 1. The summed E-state index contributed by atoms with van der Waals surface area (Å²) < 4.78 is 0.132. The third-order valence-electron chi connectivity index (χ3n) is 3.17. The van der Waals surface area contributed by atoms with E-state index < -0.39 is 0 Å². The highest BCUT2D eigenvalue weighted by Crippen LogP contribution is 2.25. The lowest BCUT2D eigenvalue weighted by atomic mass is 10.1. The molecular formula is C12H24N2OS. The molecule has 1 amide bonds. The highest BCUT2D eigenvalue weighted by Gasteiger charge is 2.38. The topological polar surface area (TPSA) is 32.3 Å². The van der Waals surface area contributed by atoms with Gasteiger partial charge in [-0.3, -0.25) is 10.1 Å². The summed E-state index contributed by atoms with van der Waals surface area (Å²) in [6.07, 6.45) is 4.27. The standard InChI is InChI=1S/C12H24N2OS/c1-6-7-10-11(15)14(9(2)13-10)8-12(3,4)16-5/h9-10,13H,6-8H2,1-5H3. The van der Waals surface area contributed by atoms with Crippen LogP contribution in [0.15, 0.2) is 0 Å². The summed E-state index contributed by atoms with van der Waals surface area (Å²) in [6.45, 7) is 9.38. The van der Waals surface area contributed by atoms with Crippen LogP contribution in [0.1, 0.15) is 40.5 Å². The zero-order valence-electron chi connectivity index (χ0n) is 11.0. The summed E-state index contributed by atoms with van der Waals surface area (Å²) in [7, 11) is 0. The van der Waals surface area contributed by atoms with Gasteiger partial charge in [0.05, 0.1) is 12.2 Å². The van der Waals surface area contributed by atoms with Crippen LogP contribution in [0.4, 0.5) is 0 Å². The first kappa shape index (κ1) is 13.8. The molecule has 0 radical (unpaired) electrons. The molecule has 0 spiro atoms. The molecule has 4 heteroatoms. The SMILES string of the molecule is CCCC1NC(C)N(CC(C)(C)SC)C1=O. The van der Waals surface area contributed by atoms with Crippen molar-refractivity contribution < 1.29 is 4.79 Å².